The number of nitriles is 1. The quantitative estimate of drug-likeness (QED) is 0.627. The van der Waals surface area contributed by atoms with Gasteiger partial charge in [-0.3, -0.25) is 0 Å². The summed E-state index contributed by atoms with van der Waals surface area (Å²) in [5.41, 5.74) is 1.79. The standard InChI is InChI=1S/C9H9N2/c1-11-7-9-4-2-3-8(5-9)6-10/h2-5H,7H2,1H3/q-1. The molecule has 0 saturated heterocycles. The summed E-state index contributed by atoms with van der Waals surface area (Å²) >= 11 is 0. The largest absolute Gasteiger partial charge is 0.661 e. The number of hydrogen-bond donors (Lipinski definition) is 0. The van der Waals surface area contributed by atoms with Gasteiger partial charge in [-0.25, -0.2) is 0 Å². The van der Waals surface area contributed by atoms with Gasteiger partial charge in [-0.15, -0.1) is 6.54 Å². The molecule has 0 spiro atoms. The van der Waals surface area contributed by atoms with Gasteiger partial charge < -0.3 is 5.32 Å². The zero-order chi connectivity index (χ0) is 8.10. The van der Waals surface area contributed by atoms with Crippen molar-refractivity contribution in [2.75, 3.05) is 7.05 Å². The third-order valence-corrected chi connectivity index (χ3v) is 1.40. The van der Waals surface area contributed by atoms with Gasteiger partial charge in [-0.1, -0.05) is 17.7 Å². The van der Waals surface area contributed by atoms with Crippen LogP contribution in [0.25, 0.3) is 5.32 Å². The normalized spacial score (nSPS) is 9.09. The Morgan fingerprint density at radius 3 is 3.00 bits per heavy atom. The molecule has 2 heteroatoms. The number of hydrogen-bond acceptors (Lipinski definition) is 1. The van der Waals surface area contributed by atoms with Crippen LogP contribution < -0.4 is 0 Å². The Kier molecular flexibility index (Phi) is 2.65. The van der Waals surface area contributed by atoms with Crippen molar-refractivity contribution in [3.63, 3.8) is 0 Å². The van der Waals surface area contributed by atoms with Crippen molar-refractivity contribution < 1.29 is 0 Å². The minimum absolute atomic E-state index is 0.690. The minimum Gasteiger partial charge on any atom is -0.661 e. The van der Waals surface area contributed by atoms with Crippen molar-refractivity contribution in [2.24, 2.45) is 0 Å². The first-order valence-electron chi connectivity index (χ1n) is 3.41. The molecule has 0 aliphatic rings. The summed E-state index contributed by atoms with van der Waals surface area (Å²) in [5, 5.41) is 12.5. The molecule has 0 bridgehead atoms. The highest BCUT2D eigenvalue weighted by Gasteiger charge is 1.88. The average molecular weight is 145 g/mol. The number of benzene rings is 1. The molecule has 1 aromatic rings. The molecule has 0 atom stereocenters. The molecule has 11 heavy (non-hydrogen) atoms. The number of nitrogens with zero attached hydrogens (tertiary/aromatic N) is 2. The first-order valence-corrected chi connectivity index (χ1v) is 3.41. The molecular weight excluding hydrogens is 136 g/mol. The molecular formula is C9H9N2-. The number of rotatable bonds is 2. The molecule has 0 N–H and O–H groups in total. The van der Waals surface area contributed by atoms with Gasteiger partial charge in [-0.2, -0.15) is 12.3 Å². The molecule has 0 amide bonds. The maximum atomic E-state index is 8.55. The van der Waals surface area contributed by atoms with E-state index in [-0.39, 0.29) is 0 Å². The van der Waals surface area contributed by atoms with Crippen LogP contribution in [0.5, 0.6) is 0 Å². The molecule has 0 unspecified atom stereocenters. The Morgan fingerprint density at radius 1 is 1.55 bits per heavy atom. The maximum Gasteiger partial charge on any atom is 0.0991 e. The van der Waals surface area contributed by atoms with Gasteiger partial charge in [0.1, 0.15) is 0 Å². The fourth-order valence-electron chi connectivity index (χ4n) is 0.922. The van der Waals surface area contributed by atoms with Gasteiger partial charge in [0.2, 0.25) is 0 Å². The van der Waals surface area contributed by atoms with Crippen LogP contribution >= 0.6 is 0 Å². The Balaban J connectivity index is 2.85. The first kappa shape index (κ1) is 7.77. The van der Waals surface area contributed by atoms with E-state index in [1.807, 2.05) is 18.2 Å². The van der Waals surface area contributed by atoms with Crippen molar-refractivity contribution in [1.82, 2.24) is 0 Å². The lowest BCUT2D eigenvalue weighted by Gasteiger charge is -2.10. The molecule has 0 saturated carbocycles. The summed E-state index contributed by atoms with van der Waals surface area (Å²) in [6.45, 7) is 0.690. The molecule has 0 fully saturated rings. The van der Waals surface area contributed by atoms with E-state index < -0.39 is 0 Å². The predicted molar refractivity (Wildman–Crippen MR) is 44.1 cm³/mol. The van der Waals surface area contributed by atoms with Crippen molar-refractivity contribution in [1.29, 1.82) is 5.26 Å². The summed E-state index contributed by atoms with van der Waals surface area (Å²) in [6, 6.07) is 9.57. The molecule has 0 heterocycles. The molecule has 0 aliphatic carbocycles. The van der Waals surface area contributed by atoms with Crippen molar-refractivity contribution >= 4 is 0 Å². The van der Waals surface area contributed by atoms with Crippen molar-refractivity contribution in [3.8, 4) is 6.07 Å². The summed E-state index contributed by atoms with van der Waals surface area (Å²) < 4.78 is 0. The highest BCUT2D eigenvalue weighted by atomic mass is 14.8. The summed E-state index contributed by atoms with van der Waals surface area (Å²) in [7, 11) is 1.76. The Morgan fingerprint density at radius 2 is 2.36 bits per heavy atom. The SMILES string of the molecule is C[N-]Cc1cccc(C#N)c1. The van der Waals surface area contributed by atoms with Crippen LogP contribution in [0.2, 0.25) is 0 Å². The van der Waals surface area contributed by atoms with Crippen LogP contribution in [0.3, 0.4) is 0 Å². The van der Waals surface area contributed by atoms with E-state index in [9.17, 15) is 0 Å². The van der Waals surface area contributed by atoms with E-state index >= 15 is 0 Å². The third kappa shape index (κ3) is 2.06. The fourth-order valence-corrected chi connectivity index (χ4v) is 0.922. The second-order valence-corrected chi connectivity index (χ2v) is 2.29. The lowest BCUT2D eigenvalue weighted by Crippen LogP contribution is -1.82. The average Bonchev–Trinajstić information content (AvgIpc) is 2.06. The van der Waals surface area contributed by atoms with E-state index in [2.05, 4.69) is 11.4 Å². The predicted octanol–water partition coefficient (Wildman–Crippen LogP) is 2.06. The molecule has 1 rings (SSSR count). The van der Waals surface area contributed by atoms with Crippen molar-refractivity contribution in [2.45, 2.75) is 6.54 Å². The lowest BCUT2D eigenvalue weighted by molar-refractivity contribution is 1.19. The van der Waals surface area contributed by atoms with Crippen LogP contribution in [0, 0.1) is 11.3 Å². The van der Waals surface area contributed by atoms with Crippen LogP contribution in [0.1, 0.15) is 11.1 Å². The first-order chi connectivity index (χ1) is 5.36. The van der Waals surface area contributed by atoms with Gasteiger partial charge in [0.15, 0.2) is 0 Å². The second kappa shape index (κ2) is 3.75. The second-order valence-electron chi connectivity index (χ2n) is 2.29. The smallest absolute Gasteiger partial charge is 0.0991 e. The molecule has 0 radical (unpaired) electrons. The van der Waals surface area contributed by atoms with Gasteiger partial charge in [0.05, 0.1) is 11.6 Å². The molecule has 56 valence electrons. The van der Waals surface area contributed by atoms with Gasteiger partial charge >= 0.3 is 0 Å². The highest BCUT2D eigenvalue weighted by Crippen LogP contribution is 2.06. The summed E-state index contributed by atoms with van der Waals surface area (Å²) in [5.74, 6) is 0. The Labute approximate surface area is 66.5 Å². The van der Waals surface area contributed by atoms with Crippen LogP contribution in [-0.4, -0.2) is 7.05 Å². The van der Waals surface area contributed by atoms with Crippen LogP contribution in [-0.2, 0) is 6.54 Å². The van der Waals surface area contributed by atoms with Crippen LogP contribution in [0.4, 0.5) is 0 Å². The van der Waals surface area contributed by atoms with Gasteiger partial charge in [-0.05, 0) is 12.1 Å². The molecule has 1 aromatic carbocycles. The summed E-state index contributed by atoms with van der Waals surface area (Å²) in [4.78, 5) is 0. The Bertz CT molecular complexity index is 273. The van der Waals surface area contributed by atoms with E-state index in [1.165, 1.54) is 0 Å². The highest BCUT2D eigenvalue weighted by molar-refractivity contribution is 5.33. The molecule has 0 aliphatic heterocycles. The third-order valence-electron chi connectivity index (χ3n) is 1.40. The van der Waals surface area contributed by atoms with E-state index in [1.54, 1.807) is 13.1 Å². The minimum atomic E-state index is 0.690. The zero-order valence-electron chi connectivity index (χ0n) is 6.41. The zero-order valence-corrected chi connectivity index (χ0v) is 6.41. The van der Waals surface area contributed by atoms with E-state index in [0.717, 1.165) is 5.56 Å². The van der Waals surface area contributed by atoms with Gasteiger partial charge in [0, 0.05) is 0 Å². The Hall–Kier alpha value is -1.33. The van der Waals surface area contributed by atoms with E-state index in [0.29, 0.717) is 12.1 Å². The fraction of sp³-hybridized carbons (Fsp3) is 0.222. The van der Waals surface area contributed by atoms with Crippen molar-refractivity contribution in [3.05, 3.63) is 40.7 Å². The maximum absolute atomic E-state index is 8.55. The summed E-state index contributed by atoms with van der Waals surface area (Å²) in [6.07, 6.45) is 0. The van der Waals surface area contributed by atoms with Crippen LogP contribution in [0.15, 0.2) is 24.3 Å². The lowest BCUT2D eigenvalue weighted by atomic mass is 10.1. The van der Waals surface area contributed by atoms with Gasteiger partial charge in [0.25, 0.3) is 0 Å². The topological polar surface area (TPSA) is 37.9 Å². The molecule has 2 nitrogen and oxygen atoms in total. The monoisotopic (exact) mass is 145 g/mol. The van der Waals surface area contributed by atoms with E-state index in [4.69, 9.17) is 5.26 Å². The molecule has 0 aromatic heterocycles.